The predicted octanol–water partition coefficient (Wildman–Crippen LogP) is 3.70. The molecule has 0 aliphatic carbocycles. The molecule has 1 atom stereocenters. The Kier molecular flexibility index (Phi) is 7.27. The Labute approximate surface area is 168 Å². The summed E-state index contributed by atoms with van der Waals surface area (Å²) in [5.41, 5.74) is 3.69. The SMILES string of the molecule is Cc1nn(C)c(C)c1CCC(=O)OCC(=O)NC(C)c1ccc(Cl)cc1Cl. The van der Waals surface area contributed by atoms with Crippen LogP contribution in [0.1, 0.15) is 41.9 Å². The number of aromatic nitrogens is 2. The van der Waals surface area contributed by atoms with Gasteiger partial charge in [0.05, 0.1) is 11.7 Å². The lowest BCUT2D eigenvalue weighted by Gasteiger charge is -2.16. The van der Waals surface area contributed by atoms with E-state index in [2.05, 4.69) is 10.4 Å². The van der Waals surface area contributed by atoms with E-state index in [1.165, 1.54) is 0 Å². The van der Waals surface area contributed by atoms with Gasteiger partial charge in [-0.2, -0.15) is 5.10 Å². The fourth-order valence-electron chi connectivity index (χ4n) is 2.84. The van der Waals surface area contributed by atoms with Crippen molar-refractivity contribution in [2.24, 2.45) is 7.05 Å². The molecule has 1 aromatic heterocycles. The molecular weight excluding hydrogens is 389 g/mol. The molecule has 2 rings (SSSR count). The van der Waals surface area contributed by atoms with E-state index < -0.39 is 11.9 Å². The summed E-state index contributed by atoms with van der Waals surface area (Å²) in [6.45, 7) is 5.32. The first-order valence-corrected chi connectivity index (χ1v) is 9.33. The number of rotatable bonds is 7. The molecule has 0 saturated carbocycles. The molecule has 27 heavy (non-hydrogen) atoms. The zero-order chi connectivity index (χ0) is 20.1. The van der Waals surface area contributed by atoms with Crippen LogP contribution in [0.4, 0.5) is 0 Å². The van der Waals surface area contributed by atoms with Gasteiger partial charge in [0.25, 0.3) is 5.91 Å². The lowest BCUT2D eigenvalue weighted by Crippen LogP contribution is -2.31. The van der Waals surface area contributed by atoms with Crippen molar-refractivity contribution in [3.63, 3.8) is 0 Å². The van der Waals surface area contributed by atoms with E-state index in [0.29, 0.717) is 16.5 Å². The lowest BCUT2D eigenvalue weighted by atomic mass is 10.1. The molecular formula is C19H23Cl2N3O3. The first kappa shape index (κ1) is 21.3. The molecule has 8 heteroatoms. The number of carbonyl (C=O) groups is 2. The quantitative estimate of drug-likeness (QED) is 0.704. The Morgan fingerprint density at radius 1 is 1.30 bits per heavy atom. The number of aryl methyl sites for hydroxylation is 2. The molecule has 0 aliphatic heterocycles. The van der Waals surface area contributed by atoms with Crippen LogP contribution in [-0.2, 0) is 27.8 Å². The average molecular weight is 412 g/mol. The number of ether oxygens (including phenoxy) is 1. The molecule has 0 radical (unpaired) electrons. The summed E-state index contributed by atoms with van der Waals surface area (Å²) in [6.07, 6.45) is 0.724. The monoisotopic (exact) mass is 411 g/mol. The molecule has 6 nitrogen and oxygen atoms in total. The highest BCUT2D eigenvalue weighted by Crippen LogP contribution is 2.26. The van der Waals surface area contributed by atoms with Crippen molar-refractivity contribution in [3.05, 3.63) is 50.8 Å². The minimum atomic E-state index is -0.426. The maximum Gasteiger partial charge on any atom is 0.306 e. The smallest absolute Gasteiger partial charge is 0.306 e. The highest BCUT2D eigenvalue weighted by molar-refractivity contribution is 6.35. The molecule has 1 amide bonds. The van der Waals surface area contributed by atoms with Crippen LogP contribution < -0.4 is 5.32 Å². The molecule has 0 fully saturated rings. The highest BCUT2D eigenvalue weighted by Gasteiger charge is 2.16. The number of hydrogen-bond donors (Lipinski definition) is 1. The third-order valence-corrected chi connectivity index (χ3v) is 4.97. The first-order chi connectivity index (χ1) is 12.7. The fraction of sp³-hybridized carbons (Fsp3) is 0.421. The van der Waals surface area contributed by atoms with Crippen LogP contribution in [0.2, 0.25) is 10.0 Å². The summed E-state index contributed by atoms with van der Waals surface area (Å²) in [5.74, 6) is -0.819. The summed E-state index contributed by atoms with van der Waals surface area (Å²) in [4.78, 5) is 24.0. The maximum atomic E-state index is 12.0. The summed E-state index contributed by atoms with van der Waals surface area (Å²) >= 11 is 12.0. The van der Waals surface area contributed by atoms with Crippen molar-refractivity contribution in [1.29, 1.82) is 0 Å². The third kappa shape index (κ3) is 5.71. The second kappa shape index (κ2) is 9.24. The number of hydrogen-bond acceptors (Lipinski definition) is 4. The van der Waals surface area contributed by atoms with E-state index in [1.807, 2.05) is 20.9 Å². The number of carbonyl (C=O) groups excluding carboxylic acids is 2. The molecule has 1 aromatic carbocycles. The van der Waals surface area contributed by atoms with Crippen LogP contribution in [-0.4, -0.2) is 28.3 Å². The maximum absolute atomic E-state index is 12.0. The number of halogens is 2. The van der Waals surface area contributed by atoms with E-state index in [-0.39, 0.29) is 19.1 Å². The average Bonchev–Trinajstić information content (AvgIpc) is 2.83. The van der Waals surface area contributed by atoms with E-state index in [1.54, 1.807) is 29.8 Å². The van der Waals surface area contributed by atoms with Crippen molar-refractivity contribution < 1.29 is 14.3 Å². The Hall–Kier alpha value is -2.05. The molecule has 1 N–H and O–H groups in total. The van der Waals surface area contributed by atoms with Crippen LogP contribution in [0.15, 0.2) is 18.2 Å². The first-order valence-electron chi connectivity index (χ1n) is 8.58. The van der Waals surface area contributed by atoms with Crippen molar-refractivity contribution in [3.8, 4) is 0 Å². The summed E-state index contributed by atoms with van der Waals surface area (Å²) in [7, 11) is 1.86. The third-order valence-electron chi connectivity index (χ3n) is 4.41. The van der Waals surface area contributed by atoms with Crippen LogP contribution in [0.25, 0.3) is 0 Å². The Balaban J connectivity index is 1.80. The minimum absolute atomic E-state index is 0.194. The van der Waals surface area contributed by atoms with Crippen molar-refractivity contribution in [1.82, 2.24) is 15.1 Å². The van der Waals surface area contributed by atoms with E-state index in [0.717, 1.165) is 22.5 Å². The Bertz CT molecular complexity index is 849. The summed E-state index contributed by atoms with van der Waals surface area (Å²) in [6, 6.07) is 4.74. The molecule has 1 heterocycles. The van der Waals surface area contributed by atoms with Crippen LogP contribution in [0.5, 0.6) is 0 Å². The number of esters is 1. The second-order valence-corrected chi connectivity index (χ2v) is 7.23. The fourth-order valence-corrected chi connectivity index (χ4v) is 3.41. The van der Waals surface area contributed by atoms with Gasteiger partial charge in [-0.25, -0.2) is 0 Å². The van der Waals surface area contributed by atoms with Crippen molar-refractivity contribution in [2.45, 2.75) is 39.7 Å². The van der Waals surface area contributed by atoms with Crippen LogP contribution >= 0.6 is 23.2 Å². The van der Waals surface area contributed by atoms with Gasteiger partial charge >= 0.3 is 5.97 Å². The molecule has 146 valence electrons. The van der Waals surface area contributed by atoms with E-state index in [9.17, 15) is 9.59 Å². The van der Waals surface area contributed by atoms with Crippen LogP contribution in [0, 0.1) is 13.8 Å². The Morgan fingerprint density at radius 2 is 2.00 bits per heavy atom. The molecule has 2 aromatic rings. The van der Waals surface area contributed by atoms with Crippen LogP contribution in [0.3, 0.4) is 0 Å². The van der Waals surface area contributed by atoms with E-state index in [4.69, 9.17) is 27.9 Å². The van der Waals surface area contributed by atoms with Gasteiger partial charge in [0.1, 0.15) is 0 Å². The molecule has 0 aliphatic rings. The van der Waals surface area contributed by atoms with Gasteiger partial charge in [-0.3, -0.25) is 14.3 Å². The number of nitrogens with one attached hydrogen (secondary N) is 1. The summed E-state index contributed by atoms with van der Waals surface area (Å²) < 4.78 is 6.85. The predicted molar refractivity (Wildman–Crippen MR) is 105 cm³/mol. The van der Waals surface area contributed by atoms with Gasteiger partial charge in [0, 0.05) is 29.2 Å². The molecule has 0 spiro atoms. The molecule has 0 bridgehead atoms. The second-order valence-electron chi connectivity index (χ2n) is 6.39. The number of benzene rings is 1. The van der Waals surface area contributed by atoms with E-state index >= 15 is 0 Å². The minimum Gasteiger partial charge on any atom is -0.456 e. The zero-order valence-corrected chi connectivity index (χ0v) is 17.3. The van der Waals surface area contributed by atoms with Gasteiger partial charge in [-0.1, -0.05) is 29.3 Å². The van der Waals surface area contributed by atoms with Crippen molar-refractivity contribution >= 4 is 35.1 Å². The lowest BCUT2D eigenvalue weighted by molar-refractivity contribution is -0.148. The normalized spacial score (nSPS) is 11.9. The molecule has 1 unspecified atom stereocenters. The zero-order valence-electron chi connectivity index (χ0n) is 15.8. The van der Waals surface area contributed by atoms with Crippen molar-refractivity contribution in [2.75, 3.05) is 6.61 Å². The largest absolute Gasteiger partial charge is 0.456 e. The highest BCUT2D eigenvalue weighted by atomic mass is 35.5. The van der Waals surface area contributed by atoms with Gasteiger partial charge < -0.3 is 10.1 Å². The van der Waals surface area contributed by atoms with Gasteiger partial charge in [-0.05, 0) is 50.5 Å². The topological polar surface area (TPSA) is 73.2 Å². The van der Waals surface area contributed by atoms with Gasteiger partial charge in [0.2, 0.25) is 0 Å². The van der Waals surface area contributed by atoms with Gasteiger partial charge in [-0.15, -0.1) is 0 Å². The summed E-state index contributed by atoms with van der Waals surface area (Å²) in [5, 5.41) is 8.06. The number of nitrogens with zero attached hydrogens (tertiary/aromatic N) is 2. The number of amides is 1. The molecule has 0 saturated heterocycles. The Morgan fingerprint density at radius 3 is 2.59 bits per heavy atom. The van der Waals surface area contributed by atoms with Gasteiger partial charge in [0.15, 0.2) is 6.61 Å². The standard InChI is InChI=1S/C19H23Cl2N3O3/c1-11(16-6-5-14(20)9-17(16)21)22-18(25)10-27-19(26)8-7-15-12(2)23-24(4)13(15)3/h5-6,9,11H,7-8,10H2,1-4H3,(H,22,25).